The molecule has 6 nitrogen and oxygen atoms in total. The van der Waals surface area contributed by atoms with Gasteiger partial charge in [-0.15, -0.1) is 0 Å². The van der Waals surface area contributed by atoms with Crippen LogP contribution in [0.2, 0.25) is 0 Å². The zero-order chi connectivity index (χ0) is 14.5. The molecule has 0 aliphatic rings. The Morgan fingerprint density at radius 3 is 2.00 bits per heavy atom. The first-order valence-electron chi connectivity index (χ1n) is 5.39. The van der Waals surface area contributed by atoms with Crippen LogP contribution in [0.4, 0.5) is 0 Å². The molecule has 0 saturated heterocycles. The van der Waals surface area contributed by atoms with Crippen molar-refractivity contribution in [2.45, 2.75) is 0 Å². The molecule has 6 heteroatoms. The van der Waals surface area contributed by atoms with E-state index in [0.29, 0.717) is 0 Å². The Morgan fingerprint density at radius 2 is 1.61 bits per heavy atom. The minimum atomic E-state index is -0.346. The third kappa shape index (κ3) is 4.90. The maximum atomic E-state index is 11.5. The number of carbonyl (C=O) groups is 2. The maximum absolute atomic E-state index is 11.5. The summed E-state index contributed by atoms with van der Waals surface area (Å²) in [7, 11) is 8.06. The van der Waals surface area contributed by atoms with E-state index in [1.54, 1.807) is 35.2 Å². The van der Waals surface area contributed by atoms with E-state index in [1.165, 1.54) is 14.7 Å². The molecule has 0 spiro atoms. The third-order valence-corrected chi connectivity index (χ3v) is 2.33. The Bertz CT molecular complexity index is 373. The maximum Gasteiger partial charge on any atom is 0.249 e. The van der Waals surface area contributed by atoms with Crippen molar-refractivity contribution in [3.8, 4) is 0 Å². The predicted molar refractivity (Wildman–Crippen MR) is 69.9 cm³/mol. The Kier molecular flexibility index (Phi) is 5.95. The van der Waals surface area contributed by atoms with Crippen molar-refractivity contribution in [2.75, 3.05) is 41.8 Å². The molecule has 2 amide bonds. The molecule has 0 aliphatic heterocycles. The van der Waals surface area contributed by atoms with Crippen molar-refractivity contribution >= 4 is 11.8 Å². The summed E-state index contributed by atoms with van der Waals surface area (Å²) in [5.74, 6) is -0.714. The van der Waals surface area contributed by atoms with Crippen molar-refractivity contribution < 1.29 is 14.7 Å². The topological polar surface area (TPSA) is 64.1 Å². The molecule has 0 unspecified atom stereocenters. The van der Waals surface area contributed by atoms with E-state index < -0.39 is 0 Å². The molecule has 0 saturated carbocycles. The van der Waals surface area contributed by atoms with Crippen LogP contribution in [-0.4, -0.2) is 73.4 Å². The monoisotopic (exact) mass is 255 g/mol. The number of rotatable bonds is 5. The van der Waals surface area contributed by atoms with Crippen LogP contribution in [0.15, 0.2) is 24.1 Å². The normalized spacial score (nSPS) is 10.8. The summed E-state index contributed by atoms with van der Waals surface area (Å²) in [6.45, 7) is 3.73. The number of carbonyl (C=O) groups excluding carboxylic acids is 2. The van der Waals surface area contributed by atoms with Crippen LogP contribution in [0.5, 0.6) is 0 Å². The average Bonchev–Trinajstić information content (AvgIpc) is 2.27. The number of aliphatic hydroxyl groups excluding tert-OH is 1. The zero-order valence-corrected chi connectivity index (χ0v) is 11.6. The SMILES string of the molecule is C=C(/C(O)=C/C(=O)N(C)C)N(C)CC(=O)N(C)C. The smallest absolute Gasteiger partial charge is 0.249 e. The lowest BCUT2D eigenvalue weighted by atomic mass is 10.3. The largest absolute Gasteiger partial charge is 0.506 e. The van der Waals surface area contributed by atoms with Crippen LogP contribution < -0.4 is 0 Å². The van der Waals surface area contributed by atoms with Crippen LogP contribution in [0, 0.1) is 0 Å². The molecule has 0 aromatic rings. The highest BCUT2D eigenvalue weighted by molar-refractivity contribution is 5.88. The summed E-state index contributed by atoms with van der Waals surface area (Å²) in [6, 6.07) is 0. The number of amides is 2. The predicted octanol–water partition coefficient (Wildman–Crippen LogP) is 0.0502. The van der Waals surface area contributed by atoms with Crippen molar-refractivity contribution in [3.05, 3.63) is 24.1 Å². The van der Waals surface area contributed by atoms with Gasteiger partial charge in [0.2, 0.25) is 11.8 Å². The van der Waals surface area contributed by atoms with Crippen LogP contribution in [0.3, 0.4) is 0 Å². The third-order valence-electron chi connectivity index (χ3n) is 2.33. The second kappa shape index (κ2) is 6.68. The van der Waals surface area contributed by atoms with E-state index in [2.05, 4.69) is 6.58 Å². The summed E-state index contributed by atoms with van der Waals surface area (Å²) < 4.78 is 0. The van der Waals surface area contributed by atoms with Crippen molar-refractivity contribution in [1.82, 2.24) is 14.7 Å². The van der Waals surface area contributed by atoms with Gasteiger partial charge in [-0.3, -0.25) is 9.59 Å². The van der Waals surface area contributed by atoms with Crippen molar-refractivity contribution in [2.24, 2.45) is 0 Å². The number of hydrogen-bond acceptors (Lipinski definition) is 4. The number of aliphatic hydroxyl groups is 1. The fourth-order valence-electron chi connectivity index (χ4n) is 0.965. The lowest BCUT2D eigenvalue weighted by Crippen LogP contribution is -2.34. The fraction of sp³-hybridized carbons (Fsp3) is 0.500. The molecule has 0 aliphatic carbocycles. The van der Waals surface area contributed by atoms with E-state index >= 15 is 0 Å². The summed E-state index contributed by atoms with van der Waals surface area (Å²) in [4.78, 5) is 27.1. The van der Waals surface area contributed by atoms with Crippen LogP contribution in [0.25, 0.3) is 0 Å². The first-order valence-corrected chi connectivity index (χ1v) is 5.39. The van der Waals surface area contributed by atoms with Gasteiger partial charge in [-0.2, -0.15) is 0 Å². The average molecular weight is 255 g/mol. The highest BCUT2D eigenvalue weighted by Gasteiger charge is 2.13. The Hall–Kier alpha value is -1.98. The second-order valence-corrected chi connectivity index (χ2v) is 4.35. The molecule has 0 bridgehead atoms. The molecule has 0 fully saturated rings. The number of hydrogen-bond donors (Lipinski definition) is 1. The van der Waals surface area contributed by atoms with E-state index in [9.17, 15) is 14.7 Å². The zero-order valence-electron chi connectivity index (χ0n) is 11.6. The molecular formula is C12H21N3O3. The molecular weight excluding hydrogens is 234 g/mol. The minimum absolute atomic E-state index is 0.0832. The summed E-state index contributed by atoms with van der Waals surface area (Å²) in [5, 5.41) is 9.71. The summed E-state index contributed by atoms with van der Waals surface area (Å²) in [6.07, 6.45) is 1.07. The second-order valence-electron chi connectivity index (χ2n) is 4.35. The minimum Gasteiger partial charge on any atom is -0.506 e. The Morgan fingerprint density at radius 1 is 1.11 bits per heavy atom. The first-order chi connectivity index (χ1) is 8.16. The van der Waals surface area contributed by atoms with Crippen LogP contribution in [0.1, 0.15) is 0 Å². The van der Waals surface area contributed by atoms with Crippen LogP contribution in [-0.2, 0) is 9.59 Å². The van der Waals surface area contributed by atoms with Gasteiger partial charge in [0.15, 0.2) is 0 Å². The van der Waals surface area contributed by atoms with E-state index in [-0.39, 0.29) is 29.8 Å². The lowest BCUT2D eigenvalue weighted by Gasteiger charge is -2.22. The van der Waals surface area contributed by atoms with E-state index in [1.807, 2.05) is 0 Å². The van der Waals surface area contributed by atoms with Gasteiger partial charge in [-0.25, -0.2) is 0 Å². The Labute approximate surface area is 108 Å². The Balaban J connectivity index is 4.65. The molecule has 0 rings (SSSR count). The molecule has 0 atom stereocenters. The molecule has 18 heavy (non-hydrogen) atoms. The van der Waals surface area contributed by atoms with Gasteiger partial charge < -0.3 is 19.8 Å². The van der Waals surface area contributed by atoms with Gasteiger partial charge in [0.1, 0.15) is 5.76 Å². The first kappa shape index (κ1) is 16.0. The molecule has 0 radical (unpaired) electrons. The summed E-state index contributed by atoms with van der Waals surface area (Å²) in [5.41, 5.74) is 0.223. The standard InChI is InChI=1S/C12H21N3O3/c1-9(10(16)7-11(17)13(2)3)15(6)8-12(18)14(4)5/h7,16H,1,8H2,2-6H3/b10-7-. The lowest BCUT2D eigenvalue weighted by molar-refractivity contribution is -0.129. The van der Waals surface area contributed by atoms with Gasteiger partial charge in [0.25, 0.3) is 0 Å². The quantitative estimate of drug-likeness (QED) is 0.428. The highest BCUT2D eigenvalue weighted by Crippen LogP contribution is 2.09. The van der Waals surface area contributed by atoms with Gasteiger partial charge in [-0.1, -0.05) is 6.58 Å². The number of nitrogens with zero attached hydrogens (tertiary/aromatic N) is 3. The van der Waals surface area contributed by atoms with Gasteiger partial charge in [0, 0.05) is 41.3 Å². The van der Waals surface area contributed by atoms with E-state index in [4.69, 9.17) is 0 Å². The summed E-state index contributed by atoms with van der Waals surface area (Å²) >= 11 is 0. The fourth-order valence-corrected chi connectivity index (χ4v) is 0.965. The van der Waals surface area contributed by atoms with Crippen LogP contribution >= 0.6 is 0 Å². The molecule has 0 aromatic carbocycles. The van der Waals surface area contributed by atoms with Crippen molar-refractivity contribution in [1.29, 1.82) is 0 Å². The van der Waals surface area contributed by atoms with Crippen molar-refractivity contribution in [3.63, 3.8) is 0 Å². The number of likely N-dealkylation sites (N-methyl/N-ethyl adjacent to an activating group) is 3. The molecule has 0 heterocycles. The van der Waals surface area contributed by atoms with Gasteiger partial charge >= 0.3 is 0 Å². The van der Waals surface area contributed by atoms with E-state index in [0.717, 1.165) is 6.08 Å². The van der Waals surface area contributed by atoms with Gasteiger partial charge in [0.05, 0.1) is 12.2 Å². The van der Waals surface area contributed by atoms with Gasteiger partial charge in [-0.05, 0) is 0 Å². The molecule has 1 N–H and O–H groups in total. The highest BCUT2D eigenvalue weighted by atomic mass is 16.3. The molecule has 0 aromatic heterocycles. The molecule has 102 valence electrons.